The Hall–Kier alpha value is -1.59. The number of nitrogens with two attached hydrogens (primary N) is 1. The number of carbonyl (C=O) groups is 2. The number of ketones is 1. The Bertz CT molecular complexity index is 532. The standard InChI is InChI=1S/C16H22N2O3.ClH/c1-10(19)13-4-3-5-14(8-13)21-11(2)16(20)18-9-15(17)12-6-7-12;/h3-5,8,11-12,15H,6-7,9,17H2,1-2H3,(H,18,20);1H. The summed E-state index contributed by atoms with van der Waals surface area (Å²) in [7, 11) is 0. The van der Waals surface area contributed by atoms with E-state index in [0.717, 1.165) is 12.8 Å². The number of nitrogens with one attached hydrogen (secondary N) is 1. The van der Waals surface area contributed by atoms with Gasteiger partial charge in [-0.05, 0) is 44.7 Å². The van der Waals surface area contributed by atoms with Crippen LogP contribution in [0.2, 0.25) is 0 Å². The Labute approximate surface area is 137 Å². The van der Waals surface area contributed by atoms with E-state index >= 15 is 0 Å². The van der Waals surface area contributed by atoms with Gasteiger partial charge < -0.3 is 15.8 Å². The first-order valence-corrected chi connectivity index (χ1v) is 7.28. The zero-order valence-corrected chi connectivity index (χ0v) is 13.7. The molecule has 22 heavy (non-hydrogen) atoms. The minimum absolute atomic E-state index is 0. The van der Waals surface area contributed by atoms with Gasteiger partial charge in [0.15, 0.2) is 11.9 Å². The third kappa shape index (κ3) is 5.31. The van der Waals surface area contributed by atoms with Crippen LogP contribution in [-0.2, 0) is 4.79 Å². The molecule has 1 aliphatic rings. The average Bonchev–Trinajstić information content (AvgIpc) is 3.29. The van der Waals surface area contributed by atoms with Crippen molar-refractivity contribution in [2.24, 2.45) is 11.7 Å². The summed E-state index contributed by atoms with van der Waals surface area (Å²) in [4.78, 5) is 23.3. The minimum atomic E-state index is -0.626. The SMILES string of the molecule is CC(=O)c1cccc(OC(C)C(=O)NCC(N)C2CC2)c1.Cl. The minimum Gasteiger partial charge on any atom is -0.481 e. The van der Waals surface area contributed by atoms with Gasteiger partial charge in [0.1, 0.15) is 5.75 Å². The summed E-state index contributed by atoms with van der Waals surface area (Å²) in [5.74, 6) is 0.831. The van der Waals surface area contributed by atoms with Gasteiger partial charge in [-0.25, -0.2) is 0 Å². The van der Waals surface area contributed by atoms with Gasteiger partial charge in [-0.15, -0.1) is 12.4 Å². The molecule has 122 valence electrons. The van der Waals surface area contributed by atoms with Crippen molar-refractivity contribution in [2.75, 3.05) is 6.54 Å². The van der Waals surface area contributed by atoms with Gasteiger partial charge in [-0.1, -0.05) is 12.1 Å². The van der Waals surface area contributed by atoms with Crippen molar-refractivity contribution < 1.29 is 14.3 Å². The Morgan fingerprint density at radius 3 is 2.68 bits per heavy atom. The van der Waals surface area contributed by atoms with Crippen LogP contribution >= 0.6 is 12.4 Å². The molecule has 0 spiro atoms. The maximum atomic E-state index is 12.0. The van der Waals surface area contributed by atoms with Crippen LogP contribution in [-0.4, -0.2) is 30.4 Å². The Balaban J connectivity index is 0.00000242. The van der Waals surface area contributed by atoms with E-state index in [-0.39, 0.29) is 30.1 Å². The fraction of sp³-hybridized carbons (Fsp3) is 0.500. The van der Waals surface area contributed by atoms with E-state index in [1.165, 1.54) is 6.92 Å². The normalized spacial score (nSPS) is 16.1. The highest BCUT2D eigenvalue weighted by molar-refractivity contribution is 5.94. The molecular weight excluding hydrogens is 304 g/mol. The van der Waals surface area contributed by atoms with Gasteiger partial charge in [-0.3, -0.25) is 9.59 Å². The molecule has 3 N–H and O–H groups in total. The molecule has 2 rings (SSSR count). The van der Waals surface area contributed by atoms with Crippen LogP contribution in [0.5, 0.6) is 5.75 Å². The molecule has 1 aromatic rings. The third-order valence-corrected chi connectivity index (χ3v) is 3.66. The molecule has 1 saturated carbocycles. The van der Waals surface area contributed by atoms with Crippen LogP contribution in [0.15, 0.2) is 24.3 Å². The van der Waals surface area contributed by atoms with E-state index in [4.69, 9.17) is 10.5 Å². The lowest BCUT2D eigenvalue weighted by molar-refractivity contribution is -0.127. The predicted octanol–water partition coefficient (Wildman–Crippen LogP) is 1.93. The van der Waals surface area contributed by atoms with Crippen molar-refractivity contribution in [3.63, 3.8) is 0 Å². The molecule has 5 nitrogen and oxygen atoms in total. The first kappa shape index (κ1) is 18.5. The molecule has 6 heteroatoms. The summed E-state index contributed by atoms with van der Waals surface area (Å²) in [6.07, 6.45) is 1.68. The van der Waals surface area contributed by atoms with Crippen molar-refractivity contribution in [1.29, 1.82) is 0 Å². The molecule has 1 aliphatic carbocycles. The van der Waals surface area contributed by atoms with Gasteiger partial charge in [0.05, 0.1) is 0 Å². The topological polar surface area (TPSA) is 81.4 Å². The molecule has 1 amide bonds. The Morgan fingerprint density at radius 2 is 2.09 bits per heavy atom. The molecule has 0 radical (unpaired) electrons. The molecule has 1 fully saturated rings. The fourth-order valence-electron chi connectivity index (χ4n) is 2.10. The largest absolute Gasteiger partial charge is 0.481 e. The van der Waals surface area contributed by atoms with E-state index in [2.05, 4.69) is 5.32 Å². The van der Waals surface area contributed by atoms with Crippen LogP contribution in [0.1, 0.15) is 37.0 Å². The number of hydrogen-bond acceptors (Lipinski definition) is 4. The summed E-state index contributed by atoms with van der Waals surface area (Å²) in [6, 6.07) is 6.85. The first-order valence-electron chi connectivity index (χ1n) is 7.28. The average molecular weight is 327 g/mol. The molecule has 0 aliphatic heterocycles. The van der Waals surface area contributed by atoms with Crippen molar-refractivity contribution >= 4 is 24.1 Å². The highest BCUT2D eigenvalue weighted by Crippen LogP contribution is 2.31. The highest BCUT2D eigenvalue weighted by atomic mass is 35.5. The number of carbonyl (C=O) groups excluding carboxylic acids is 2. The zero-order chi connectivity index (χ0) is 15.4. The number of amides is 1. The van der Waals surface area contributed by atoms with Crippen molar-refractivity contribution in [3.8, 4) is 5.75 Å². The molecule has 2 atom stereocenters. The third-order valence-electron chi connectivity index (χ3n) is 3.66. The molecule has 1 aromatic carbocycles. The van der Waals surface area contributed by atoms with E-state index in [9.17, 15) is 9.59 Å². The van der Waals surface area contributed by atoms with Crippen molar-refractivity contribution in [2.45, 2.75) is 38.8 Å². The quantitative estimate of drug-likeness (QED) is 0.750. The Kier molecular flexibility index (Phi) is 6.84. The molecule has 0 aromatic heterocycles. The number of ether oxygens (including phenoxy) is 1. The zero-order valence-electron chi connectivity index (χ0n) is 12.9. The molecular formula is C16H23ClN2O3. The van der Waals surface area contributed by atoms with E-state index < -0.39 is 6.10 Å². The second kappa shape index (κ2) is 8.15. The van der Waals surface area contributed by atoms with Gasteiger partial charge in [0, 0.05) is 18.2 Å². The Morgan fingerprint density at radius 1 is 1.41 bits per heavy atom. The van der Waals surface area contributed by atoms with Gasteiger partial charge in [-0.2, -0.15) is 0 Å². The number of benzene rings is 1. The van der Waals surface area contributed by atoms with Crippen LogP contribution in [0, 0.1) is 5.92 Å². The van der Waals surface area contributed by atoms with Crippen LogP contribution in [0.4, 0.5) is 0 Å². The smallest absolute Gasteiger partial charge is 0.260 e. The molecule has 0 saturated heterocycles. The van der Waals surface area contributed by atoms with Crippen LogP contribution < -0.4 is 15.8 Å². The number of halogens is 1. The predicted molar refractivity (Wildman–Crippen MR) is 87.5 cm³/mol. The second-order valence-electron chi connectivity index (χ2n) is 5.59. The monoisotopic (exact) mass is 326 g/mol. The first-order chi connectivity index (χ1) is 9.97. The number of rotatable bonds is 7. The summed E-state index contributed by atoms with van der Waals surface area (Å²) in [5.41, 5.74) is 6.51. The van der Waals surface area contributed by atoms with Gasteiger partial charge >= 0.3 is 0 Å². The van der Waals surface area contributed by atoms with E-state index in [1.54, 1.807) is 31.2 Å². The second-order valence-corrected chi connectivity index (χ2v) is 5.59. The summed E-state index contributed by atoms with van der Waals surface area (Å²) in [6.45, 7) is 3.65. The number of hydrogen-bond donors (Lipinski definition) is 2. The molecule has 0 bridgehead atoms. The van der Waals surface area contributed by atoms with E-state index in [1.807, 2.05) is 0 Å². The fourth-order valence-corrected chi connectivity index (χ4v) is 2.10. The van der Waals surface area contributed by atoms with Crippen LogP contribution in [0.3, 0.4) is 0 Å². The van der Waals surface area contributed by atoms with Crippen molar-refractivity contribution in [1.82, 2.24) is 5.32 Å². The maximum absolute atomic E-state index is 12.0. The summed E-state index contributed by atoms with van der Waals surface area (Å²) < 4.78 is 5.57. The lowest BCUT2D eigenvalue weighted by atomic mass is 10.1. The van der Waals surface area contributed by atoms with Crippen molar-refractivity contribution in [3.05, 3.63) is 29.8 Å². The number of Topliss-reactive ketones (excluding diaryl/α,β-unsaturated/α-hetero) is 1. The van der Waals surface area contributed by atoms with Gasteiger partial charge in [0.2, 0.25) is 0 Å². The van der Waals surface area contributed by atoms with E-state index in [0.29, 0.717) is 23.8 Å². The summed E-state index contributed by atoms with van der Waals surface area (Å²) >= 11 is 0. The molecule has 0 heterocycles. The van der Waals surface area contributed by atoms with Gasteiger partial charge in [0.25, 0.3) is 5.91 Å². The lowest BCUT2D eigenvalue weighted by Crippen LogP contribution is -2.43. The van der Waals surface area contributed by atoms with Crippen LogP contribution in [0.25, 0.3) is 0 Å². The molecule has 2 unspecified atom stereocenters. The summed E-state index contributed by atoms with van der Waals surface area (Å²) in [5, 5.41) is 2.81. The maximum Gasteiger partial charge on any atom is 0.260 e. The lowest BCUT2D eigenvalue weighted by Gasteiger charge is -2.17. The highest BCUT2D eigenvalue weighted by Gasteiger charge is 2.29.